The predicted octanol–water partition coefficient (Wildman–Crippen LogP) is 8.23. The lowest BCUT2D eigenvalue weighted by Gasteiger charge is -2.35. The molecule has 0 fully saturated rings. The van der Waals surface area contributed by atoms with Gasteiger partial charge in [-0.1, -0.05) is 84.9 Å². The maximum atomic E-state index is 13.8. The molecule has 1 unspecified atom stereocenters. The van der Waals surface area contributed by atoms with Gasteiger partial charge in [0.1, 0.15) is 5.60 Å². The minimum Gasteiger partial charge on any atom is -0.465 e. The molecule has 5 rings (SSSR count). The maximum absolute atomic E-state index is 13.8. The number of hydrogen-bond donors (Lipinski definition) is 0. The van der Waals surface area contributed by atoms with Crippen LogP contribution in [0.15, 0.2) is 97.1 Å². The lowest BCUT2D eigenvalue weighted by atomic mass is 9.81. The Morgan fingerprint density at radius 2 is 1.63 bits per heavy atom. The fourth-order valence-electron chi connectivity index (χ4n) is 5.68. The number of rotatable bonds is 6. The highest BCUT2D eigenvalue weighted by atomic mass is 16.6. The van der Waals surface area contributed by atoms with Crippen molar-refractivity contribution in [1.29, 1.82) is 0 Å². The number of amides is 1. The summed E-state index contributed by atoms with van der Waals surface area (Å²) in [4.78, 5) is 27.9. The molecular formula is C36H37NO4. The van der Waals surface area contributed by atoms with Crippen LogP contribution in [0.2, 0.25) is 0 Å². The average Bonchev–Trinajstić information content (AvgIpc) is 2.97. The SMILES string of the molecule is COC(=O)c1cccc(C2=CC(CN(C(=O)OC(C)(C)C)[C@H](C)c3cccc4ccccc34)Cc3ccccc32)c1. The molecule has 210 valence electrons. The molecule has 0 aromatic heterocycles. The fraction of sp³-hybridized carbons (Fsp3) is 0.278. The molecule has 4 aromatic rings. The van der Waals surface area contributed by atoms with E-state index in [0.29, 0.717) is 12.1 Å². The number of carbonyl (C=O) groups excluding carboxylic acids is 2. The summed E-state index contributed by atoms with van der Waals surface area (Å²) in [5, 5.41) is 2.26. The van der Waals surface area contributed by atoms with Crippen LogP contribution in [-0.2, 0) is 15.9 Å². The van der Waals surface area contributed by atoms with Crippen molar-refractivity contribution in [2.24, 2.45) is 5.92 Å². The zero-order valence-corrected chi connectivity index (χ0v) is 24.4. The molecule has 4 aromatic carbocycles. The largest absolute Gasteiger partial charge is 0.465 e. The van der Waals surface area contributed by atoms with Gasteiger partial charge >= 0.3 is 12.1 Å². The van der Waals surface area contributed by atoms with E-state index in [9.17, 15) is 9.59 Å². The summed E-state index contributed by atoms with van der Waals surface area (Å²) in [6.07, 6.45) is 2.70. The Bertz CT molecular complexity index is 1610. The first-order valence-corrected chi connectivity index (χ1v) is 14.1. The Balaban J connectivity index is 1.55. The van der Waals surface area contributed by atoms with E-state index in [1.165, 1.54) is 12.7 Å². The van der Waals surface area contributed by atoms with Crippen molar-refractivity contribution in [3.8, 4) is 0 Å². The van der Waals surface area contributed by atoms with E-state index in [0.717, 1.165) is 39.5 Å². The van der Waals surface area contributed by atoms with Gasteiger partial charge in [0.2, 0.25) is 0 Å². The van der Waals surface area contributed by atoms with Crippen molar-refractivity contribution in [3.05, 3.63) is 125 Å². The molecule has 0 saturated carbocycles. The Morgan fingerprint density at radius 1 is 0.927 bits per heavy atom. The van der Waals surface area contributed by atoms with Gasteiger partial charge in [-0.15, -0.1) is 0 Å². The van der Waals surface area contributed by atoms with Crippen molar-refractivity contribution < 1.29 is 19.1 Å². The van der Waals surface area contributed by atoms with Gasteiger partial charge in [0.15, 0.2) is 0 Å². The second-order valence-corrected chi connectivity index (χ2v) is 11.7. The molecule has 41 heavy (non-hydrogen) atoms. The number of nitrogens with zero attached hydrogens (tertiary/aromatic N) is 1. The predicted molar refractivity (Wildman–Crippen MR) is 164 cm³/mol. The van der Waals surface area contributed by atoms with Gasteiger partial charge in [0, 0.05) is 6.54 Å². The molecule has 0 heterocycles. The van der Waals surface area contributed by atoms with Crippen molar-refractivity contribution in [1.82, 2.24) is 4.90 Å². The van der Waals surface area contributed by atoms with Crippen molar-refractivity contribution >= 4 is 28.4 Å². The van der Waals surface area contributed by atoms with Crippen LogP contribution in [0.1, 0.15) is 66.3 Å². The summed E-state index contributed by atoms with van der Waals surface area (Å²) >= 11 is 0. The van der Waals surface area contributed by atoms with Crippen LogP contribution in [0.5, 0.6) is 0 Å². The van der Waals surface area contributed by atoms with E-state index in [2.05, 4.69) is 49.4 Å². The number of methoxy groups -OCH3 is 1. The van der Waals surface area contributed by atoms with Gasteiger partial charge in [-0.3, -0.25) is 0 Å². The van der Waals surface area contributed by atoms with Crippen LogP contribution in [0.25, 0.3) is 16.3 Å². The summed E-state index contributed by atoms with van der Waals surface area (Å²) < 4.78 is 10.9. The van der Waals surface area contributed by atoms with Gasteiger partial charge in [0.25, 0.3) is 0 Å². The normalized spacial score (nSPS) is 15.4. The molecule has 1 aliphatic rings. The number of hydrogen-bond acceptors (Lipinski definition) is 4. The number of benzene rings is 4. The van der Waals surface area contributed by atoms with E-state index in [4.69, 9.17) is 9.47 Å². The quantitative estimate of drug-likeness (QED) is 0.228. The van der Waals surface area contributed by atoms with Crippen LogP contribution in [0.3, 0.4) is 0 Å². The second-order valence-electron chi connectivity index (χ2n) is 11.7. The van der Waals surface area contributed by atoms with Crippen LogP contribution < -0.4 is 0 Å². The third-order valence-electron chi connectivity index (χ3n) is 7.59. The topological polar surface area (TPSA) is 55.8 Å². The molecule has 0 saturated heterocycles. The molecule has 1 aliphatic carbocycles. The van der Waals surface area contributed by atoms with Gasteiger partial charge in [-0.05, 0) is 90.8 Å². The molecule has 1 amide bonds. The van der Waals surface area contributed by atoms with Crippen LogP contribution in [-0.4, -0.2) is 36.2 Å². The first-order valence-electron chi connectivity index (χ1n) is 14.1. The lowest BCUT2D eigenvalue weighted by Crippen LogP contribution is -2.41. The summed E-state index contributed by atoms with van der Waals surface area (Å²) in [7, 11) is 1.39. The monoisotopic (exact) mass is 547 g/mol. The molecule has 0 aliphatic heterocycles. The number of esters is 1. The van der Waals surface area contributed by atoms with E-state index in [1.807, 2.05) is 74.2 Å². The first kappa shape index (κ1) is 28.2. The zero-order valence-electron chi connectivity index (χ0n) is 24.4. The maximum Gasteiger partial charge on any atom is 0.410 e. The molecule has 5 nitrogen and oxygen atoms in total. The highest BCUT2D eigenvalue weighted by Gasteiger charge is 2.31. The Kier molecular flexibility index (Phi) is 7.98. The summed E-state index contributed by atoms with van der Waals surface area (Å²) in [5.74, 6) is -0.334. The molecule has 5 heteroatoms. The number of fused-ring (bicyclic) bond motifs is 2. The first-order chi connectivity index (χ1) is 19.6. The van der Waals surface area contributed by atoms with Crippen LogP contribution >= 0.6 is 0 Å². The van der Waals surface area contributed by atoms with Gasteiger partial charge < -0.3 is 14.4 Å². The summed E-state index contributed by atoms with van der Waals surface area (Å²) in [5.41, 5.74) is 5.30. The van der Waals surface area contributed by atoms with Crippen molar-refractivity contribution in [2.75, 3.05) is 13.7 Å². The third-order valence-corrected chi connectivity index (χ3v) is 7.59. The fourth-order valence-corrected chi connectivity index (χ4v) is 5.68. The standard InChI is InChI=1S/C36H37NO4/c1-24(30-19-11-14-26-12-6-8-17-31(26)30)37(35(39)41-36(2,3)4)23-25-20-27-13-7-9-18-32(27)33(21-25)28-15-10-16-29(22-28)34(38)40-5/h6-19,21-22,24-25H,20,23H2,1-5H3/t24-,25?/m1/s1. The Morgan fingerprint density at radius 3 is 2.41 bits per heavy atom. The molecular weight excluding hydrogens is 510 g/mol. The summed E-state index contributed by atoms with van der Waals surface area (Å²) in [6, 6.07) is 30.2. The van der Waals surface area contributed by atoms with Gasteiger partial charge in [-0.25, -0.2) is 9.59 Å². The number of carbonyl (C=O) groups is 2. The van der Waals surface area contributed by atoms with Crippen LogP contribution in [0.4, 0.5) is 4.79 Å². The minimum atomic E-state index is -0.623. The molecule has 0 bridgehead atoms. The van der Waals surface area contributed by atoms with E-state index in [-0.39, 0.29) is 24.0 Å². The van der Waals surface area contributed by atoms with Gasteiger partial charge in [0.05, 0.1) is 18.7 Å². The van der Waals surface area contributed by atoms with Crippen molar-refractivity contribution in [2.45, 2.75) is 45.8 Å². The van der Waals surface area contributed by atoms with Crippen molar-refractivity contribution in [3.63, 3.8) is 0 Å². The van der Waals surface area contributed by atoms with E-state index in [1.54, 1.807) is 6.07 Å². The van der Waals surface area contributed by atoms with E-state index < -0.39 is 5.60 Å². The smallest absolute Gasteiger partial charge is 0.410 e. The molecule has 0 spiro atoms. The molecule has 2 atom stereocenters. The third kappa shape index (κ3) is 6.19. The number of ether oxygens (including phenoxy) is 2. The second kappa shape index (κ2) is 11.6. The average molecular weight is 548 g/mol. The molecule has 0 N–H and O–H groups in total. The molecule has 0 radical (unpaired) electrons. The zero-order chi connectivity index (χ0) is 29.1. The Labute approximate surface area is 242 Å². The highest BCUT2D eigenvalue weighted by molar-refractivity contribution is 5.92. The highest BCUT2D eigenvalue weighted by Crippen LogP contribution is 2.37. The lowest BCUT2D eigenvalue weighted by molar-refractivity contribution is 0.0151. The van der Waals surface area contributed by atoms with E-state index >= 15 is 0 Å². The van der Waals surface area contributed by atoms with Crippen LogP contribution in [0, 0.1) is 5.92 Å². The van der Waals surface area contributed by atoms with Gasteiger partial charge in [-0.2, -0.15) is 0 Å². The summed E-state index contributed by atoms with van der Waals surface area (Å²) in [6.45, 7) is 8.25. The minimum absolute atomic E-state index is 0.0339. The Hall–Kier alpha value is -4.38.